The molecule has 8 nitrogen and oxygen atoms in total. The molecule has 0 spiro atoms. The lowest BCUT2D eigenvalue weighted by Crippen LogP contribution is -2.48. The zero-order valence-corrected chi connectivity index (χ0v) is 16.6. The highest BCUT2D eigenvalue weighted by Crippen LogP contribution is 2.30. The summed E-state index contributed by atoms with van der Waals surface area (Å²) >= 11 is 0. The maximum absolute atomic E-state index is 12.6. The Bertz CT molecular complexity index is 936. The molecule has 8 heteroatoms. The standard InChI is InChI=1S/C21H24N4O4/c1-3-16-5-4-6-18(13-16)22-21(27)17-7-8-19(20(14-17)25(28)29)24-11-9-23(10-12-24)15(2)26/h4-8,13-14H,3,9-12H2,1-2H3,(H,22,27). The van der Waals surface area contributed by atoms with E-state index in [-0.39, 0.29) is 17.2 Å². The Kier molecular flexibility index (Phi) is 6.11. The number of carbonyl (C=O) groups is 2. The summed E-state index contributed by atoms with van der Waals surface area (Å²) in [6.07, 6.45) is 0.848. The van der Waals surface area contributed by atoms with E-state index < -0.39 is 10.8 Å². The summed E-state index contributed by atoms with van der Waals surface area (Å²) in [6, 6.07) is 12.0. The fourth-order valence-corrected chi connectivity index (χ4v) is 3.41. The van der Waals surface area contributed by atoms with Gasteiger partial charge in [0.2, 0.25) is 5.91 Å². The monoisotopic (exact) mass is 396 g/mol. The summed E-state index contributed by atoms with van der Waals surface area (Å²) in [7, 11) is 0. The quantitative estimate of drug-likeness (QED) is 0.619. The van der Waals surface area contributed by atoms with Crippen LogP contribution in [-0.2, 0) is 11.2 Å². The molecule has 1 N–H and O–H groups in total. The first kappa shape index (κ1) is 20.3. The Morgan fingerprint density at radius 1 is 1.10 bits per heavy atom. The van der Waals surface area contributed by atoms with Gasteiger partial charge in [-0.25, -0.2) is 0 Å². The lowest BCUT2D eigenvalue weighted by Gasteiger charge is -2.35. The second kappa shape index (κ2) is 8.72. The summed E-state index contributed by atoms with van der Waals surface area (Å²) in [6.45, 7) is 5.59. The van der Waals surface area contributed by atoms with Crippen molar-refractivity contribution in [1.82, 2.24) is 4.90 Å². The lowest BCUT2D eigenvalue weighted by atomic mass is 10.1. The number of nitro benzene ring substituents is 1. The second-order valence-corrected chi connectivity index (χ2v) is 6.96. The molecule has 2 aromatic carbocycles. The maximum Gasteiger partial charge on any atom is 0.293 e. The number of hydrogen-bond acceptors (Lipinski definition) is 5. The van der Waals surface area contributed by atoms with Crippen LogP contribution in [0.5, 0.6) is 0 Å². The summed E-state index contributed by atoms with van der Waals surface area (Å²) in [5.41, 5.74) is 2.32. The molecule has 0 radical (unpaired) electrons. The number of rotatable bonds is 5. The van der Waals surface area contributed by atoms with E-state index in [4.69, 9.17) is 0 Å². The van der Waals surface area contributed by atoms with Gasteiger partial charge in [-0.2, -0.15) is 0 Å². The Hall–Kier alpha value is -3.42. The first-order valence-electron chi connectivity index (χ1n) is 9.58. The summed E-state index contributed by atoms with van der Waals surface area (Å²) < 4.78 is 0. The van der Waals surface area contributed by atoms with Gasteiger partial charge in [0, 0.05) is 50.4 Å². The van der Waals surface area contributed by atoms with Crippen molar-refractivity contribution in [3.63, 3.8) is 0 Å². The van der Waals surface area contributed by atoms with Crippen molar-refractivity contribution in [2.45, 2.75) is 20.3 Å². The number of aryl methyl sites for hydroxylation is 1. The number of piperazine rings is 1. The van der Waals surface area contributed by atoms with Crippen molar-refractivity contribution < 1.29 is 14.5 Å². The van der Waals surface area contributed by atoms with Crippen LogP contribution in [0, 0.1) is 10.1 Å². The number of nitrogens with one attached hydrogen (secondary N) is 1. The van der Waals surface area contributed by atoms with Crippen LogP contribution in [0.1, 0.15) is 29.8 Å². The van der Waals surface area contributed by atoms with Gasteiger partial charge in [0.1, 0.15) is 5.69 Å². The summed E-state index contributed by atoms with van der Waals surface area (Å²) in [5.74, 6) is -0.396. The van der Waals surface area contributed by atoms with Crippen molar-refractivity contribution in [3.05, 3.63) is 63.7 Å². The number of anilines is 2. The molecular weight excluding hydrogens is 372 g/mol. The number of hydrogen-bond donors (Lipinski definition) is 1. The molecule has 1 aliphatic rings. The number of nitrogens with zero attached hydrogens (tertiary/aromatic N) is 3. The SMILES string of the molecule is CCc1cccc(NC(=O)c2ccc(N3CCN(C(C)=O)CC3)c([N+](=O)[O-])c2)c1. The zero-order valence-electron chi connectivity index (χ0n) is 16.6. The lowest BCUT2D eigenvalue weighted by molar-refractivity contribution is -0.384. The minimum absolute atomic E-state index is 0.00156. The van der Waals surface area contributed by atoms with E-state index in [1.165, 1.54) is 13.0 Å². The van der Waals surface area contributed by atoms with Crippen LogP contribution in [0.15, 0.2) is 42.5 Å². The van der Waals surface area contributed by atoms with Crippen LogP contribution in [0.3, 0.4) is 0 Å². The van der Waals surface area contributed by atoms with Gasteiger partial charge >= 0.3 is 0 Å². The Balaban J connectivity index is 1.79. The predicted octanol–water partition coefficient (Wildman–Crippen LogP) is 3.08. The van der Waals surface area contributed by atoms with Crippen molar-refractivity contribution in [2.24, 2.45) is 0 Å². The molecule has 1 fully saturated rings. The van der Waals surface area contributed by atoms with Gasteiger partial charge in [-0.3, -0.25) is 19.7 Å². The van der Waals surface area contributed by atoms with E-state index in [0.717, 1.165) is 12.0 Å². The van der Waals surface area contributed by atoms with Crippen molar-refractivity contribution in [3.8, 4) is 0 Å². The molecule has 1 aliphatic heterocycles. The predicted molar refractivity (Wildman–Crippen MR) is 111 cm³/mol. The van der Waals surface area contributed by atoms with Gasteiger partial charge in [0.05, 0.1) is 4.92 Å². The van der Waals surface area contributed by atoms with Gasteiger partial charge in [0.15, 0.2) is 0 Å². The van der Waals surface area contributed by atoms with Gasteiger partial charge in [-0.05, 0) is 36.2 Å². The van der Waals surface area contributed by atoms with E-state index in [0.29, 0.717) is 37.6 Å². The molecule has 29 heavy (non-hydrogen) atoms. The normalized spacial score (nSPS) is 13.9. The highest BCUT2D eigenvalue weighted by molar-refractivity contribution is 6.05. The summed E-state index contributed by atoms with van der Waals surface area (Å²) in [4.78, 5) is 38.8. The topological polar surface area (TPSA) is 95.8 Å². The average Bonchev–Trinajstić information content (AvgIpc) is 2.73. The summed E-state index contributed by atoms with van der Waals surface area (Å²) in [5, 5.41) is 14.4. The molecule has 2 amide bonds. The molecule has 1 saturated heterocycles. The number of nitro groups is 1. The third-order valence-corrected chi connectivity index (χ3v) is 5.09. The van der Waals surface area contributed by atoms with Crippen molar-refractivity contribution in [2.75, 3.05) is 36.4 Å². The van der Waals surface area contributed by atoms with Gasteiger partial charge in [0.25, 0.3) is 11.6 Å². The van der Waals surface area contributed by atoms with E-state index in [9.17, 15) is 19.7 Å². The smallest absolute Gasteiger partial charge is 0.293 e. The molecule has 1 heterocycles. The van der Waals surface area contributed by atoms with Gasteiger partial charge in [-0.15, -0.1) is 0 Å². The van der Waals surface area contributed by atoms with E-state index >= 15 is 0 Å². The molecule has 3 rings (SSSR count). The fourth-order valence-electron chi connectivity index (χ4n) is 3.41. The minimum atomic E-state index is -0.471. The van der Waals surface area contributed by atoms with Crippen LogP contribution in [0.4, 0.5) is 17.1 Å². The first-order valence-corrected chi connectivity index (χ1v) is 9.58. The largest absolute Gasteiger partial charge is 0.362 e. The number of benzene rings is 2. The average molecular weight is 396 g/mol. The van der Waals surface area contributed by atoms with Gasteiger partial charge < -0.3 is 15.1 Å². The third kappa shape index (κ3) is 4.71. The minimum Gasteiger partial charge on any atom is -0.362 e. The number of amides is 2. The molecule has 0 bridgehead atoms. The first-order chi connectivity index (χ1) is 13.9. The van der Waals surface area contributed by atoms with Crippen molar-refractivity contribution in [1.29, 1.82) is 0 Å². The second-order valence-electron chi connectivity index (χ2n) is 6.96. The molecule has 2 aromatic rings. The van der Waals surface area contributed by atoms with Crippen LogP contribution in [0.25, 0.3) is 0 Å². The molecule has 0 unspecified atom stereocenters. The van der Waals surface area contributed by atoms with Crippen LogP contribution in [-0.4, -0.2) is 47.8 Å². The van der Waals surface area contributed by atoms with Crippen LogP contribution in [0.2, 0.25) is 0 Å². The fraction of sp³-hybridized carbons (Fsp3) is 0.333. The Morgan fingerprint density at radius 2 is 1.83 bits per heavy atom. The molecule has 152 valence electrons. The van der Waals surface area contributed by atoms with E-state index in [1.54, 1.807) is 23.1 Å². The molecular formula is C21H24N4O4. The highest BCUT2D eigenvalue weighted by Gasteiger charge is 2.25. The number of carbonyl (C=O) groups excluding carboxylic acids is 2. The zero-order chi connectivity index (χ0) is 21.0. The molecule has 0 aliphatic carbocycles. The molecule has 0 saturated carbocycles. The van der Waals surface area contributed by atoms with Crippen molar-refractivity contribution >= 4 is 28.9 Å². The Labute approximate surface area is 169 Å². The van der Waals surface area contributed by atoms with Crippen LogP contribution < -0.4 is 10.2 Å². The highest BCUT2D eigenvalue weighted by atomic mass is 16.6. The Morgan fingerprint density at radius 3 is 2.45 bits per heavy atom. The molecule has 0 atom stereocenters. The van der Waals surface area contributed by atoms with Gasteiger partial charge in [-0.1, -0.05) is 19.1 Å². The van der Waals surface area contributed by atoms with Crippen LogP contribution >= 0.6 is 0 Å². The van der Waals surface area contributed by atoms with E-state index in [2.05, 4.69) is 5.32 Å². The van der Waals surface area contributed by atoms with E-state index in [1.807, 2.05) is 30.0 Å². The third-order valence-electron chi connectivity index (χ3n) is 5.09. The molecule has 0 aromatic heterocycles. The maximum atomic E-state index is 12.6.